The van der Waals surface area contributed by atoms with Crippen molar-refractivity contribution in [2.45, 2.75) is 24.4 Å². The van der Waals surface area contributed by atoms with Gasteiger partial charge >= 0.3 is 27.3 Å². The second-order valence-corrected chi connectivity index (χ2v) is 17.8. The monoisotopic (exact) mass is 1160 g/mol. The van der Waals surface area contributed by atoms with E-state index in [1.165, 1.54) is 24.3 Å². The van der Waals surface area contributed by atoms with Crippen molar-refractivity contribution in [1.82, 2.24) is 19.6 Å². The van der Waals surface area contributed by atoms with Crippen molar-refractivity contribution < 1.29 is 86.7 Å². The summed E-state index contributed by atoms with van der Waals surface area (Å²) in [5.74, 6) is 2.39. The first kappa shape index (κ1) is 63.1. The Labute approximate surface area is 469 Å². The van der Waals surface area contributed by atoms with Crippen LogP contribution < -0.4 is 29.2 Å². The van der Waals surface area contributed by atoms with Gasteiger partial charge in [0.25, 0.3) is 11.4 Å². The van der Waals surface area contributed by atoms with Gasteiger partial charge in [-0.25, -0.2) is 0 Å². The molecule has 0 aromatic heterocycles. The van der Waals surface area contributed by atoms with Crippen LogP contribution in [-0.2, 0) is 27.3 Å². The molecule has 408 valence electrons. The molecule has 6 aromatic rings. The molecule has 4 N–H and O–H groups in total. The summed E-state index contributed by atoms with van der Waals surface area (Å²) in [7, 11) is 0. The zero-order valence-corrected chi connectivity index (χ0v) is 47.1. The SMILES string of the molecule is O=[N+]([O-])c1ccc([O-])cc1.O=[N+]([O-])c1ccc([O-])cc1.O[C@H](COc1ccccc1)CN1CCN(C[C@H](O)COc2ccccc2)CCN(C[C@H](O)COc2ccccc2)CCN(C[C@H](O)COc2ccccc2)CC1.[Cd+2]. The zero-order valence-electron chi connectivity index (χ0n) is 43.1. The normalized spacial score (nSPS) is 15.3. The fourth-order valence-corrected chi connectivity index (χ4v) is 7.68. The van der Waals surface area contributed by atoms with Crippen molar-refractivity contribution in [3.63, 3.8) is 0 Å². The zero-order chi connectivity index (χ0) is 54.3. The molecule has 0 aliphatic carbocycles. The molecule has 1 heterocycles. The molecule has 0 spiro atoms. The predicted molar refractivity (Wildman–Crippen MR) is 283 cm³/mol. The van der Waals surface area contributed by atoms with Gasteiger partial charge in [0.05, 0.1) is 9.85 Å². The maximum absolute atomic E-state index is 11.1. The number of aliphatic hydroxyl groups excluding tert-OH is 4. The van der Waals surface area contributed by atoms with Crippen LogP contribution in [-0.4, -0.2) is 179 Å². The van der Waals surface area contributed by atoms with Gasteiger partial charge in [-0.1, -0.05) is 97.1 Å². The largest absolute Gasteiger partial charge is 2.00 e. The number of rotatable bonds is 22. The predicted octanol–water partition coefficient (Wildman–Crippen LogP) is 4.30. The first-order chi connectivity index (χ1) is 36.8. The van der Waals surface area contributed by atoms with Crippen molar-refractivity contribution in [2.75, 3.05) is 105 Å². The van der Waals surface area contributed by atoms with E-state index < -0.39 is 34.3 Å². The minimum absolute atomic E-state index is 0. The van der Waals surface area contributed by atoms with Gasteiger partial charge in [-0.15, -0.1) is 11.5 Å². The number of para-hydroxylation sites is 4. The first-order valence-electron chi connectivity index (χ1n) is 24.9. The van der Waals surface area contributed by atoms with E-state index in [4.69, 9.17) is 18.9 Å². The number of aliphatic hydroxyl groups is 4. The molecule has 1 saturated heterocycles. The molecule has 77 heavy (non-hydrogen) atoms. The van der Waals surface area contributed by atoms with Crippen LogP contribution in [0.4, 0.5) is 11.4 Å². The number of nitro benzene ring substituents is 2. The number of nitrogens with zero attached hydrogens (tertiary/aromatic N) is 6. The van der Waals surface area contributed by atoms with E-state index in [2.05, 4.69) is 19.6 Å². The van der Waals surface area contributed by atoms with Gasteiger partial charge in [0.1, 0.15) is 73.8 Å². The quantitative estimate of drug-likeness (QED) is 0.0419. The number of hydrogen-bond acceptors (Lipinski definition) is 18. The van der Waals surface area contributed by atoms with E-state index in [-0.39, 0.29) is 76.6 Å². The maximum Gasteiger partial charge on any atom is 2.00 e. The van der Waals surface area contributed by atoms with Gasteiger partial charge in [0.15, 0.2) is 0 Å². The van der Waals surface area contributed by atoms with E-state index in [0.717, 1.165) is 24.3 Å². The number of hydrogen-bond donors (Lipinski definition) is 4. The Bertz CT molecular complexity index is 2190. The molecule has 1 aliphatic rings. The van der Waals surface area contributed by atoms with Crippen molar-refractivity contribution in [3.05, 3.63) is 190 Å². The van der Waals surface area contributed by atoms with Crippen molar-refractivity contribution >= 4 is 11.4 Å². The Morgan fingerprint density at radius 2 is 0.558 bits per heavy atom. The Morgan fingerprint density at radius 1 is 0.364 bits per heavy atom. The second-order valence-electron chi connectivity index (χ2n) is 17.8. The molecule has 0 saturated carbocycles. The van der Waals surface area contributed by atoms with E-state index in [0.29, 0.717) is 102 Å². The third kappa shape index (κ3) is 26.4. The third-order valence-corrected chi connectivity index (χ3v) is 11.6. The fraction of sp³-hybridized carbons (Fsp3) is 0.357. The minimum atomic E-state index is -0.727. The average molecular weight is 1160 g/mol. The van der Waals surface area contributed by atoms with Crippen LogP contribution in [0.1, 0.15) is 0 Å². The average Bonchev–Trinajstić information content (AvgIpc) is 3.43. The van der Waals surface area contributed by atoms with E-state index in [9.17, 15) is 50.9 Å². The van der Waals surface area contributed by atoms with Gasteiger partial charge in [-0.2, -0.15) is 0 Å². The topological polar surface area (TPSA) is 263 Å². The second kappa shape index (κ2) is 35.8. The van der Waals surface area contributed by atoms with Gasteiger partial charge in [-0.05, 0) is 48.5 Å². The van der Waals surface area contributed by atoms with E-state index in [1.807, 2.05) is 121 Å². The van der Waals surface area contributed by atoms with Crippen LogP contribution in [0.3, 0.4) is 0 Å². The molecule has 6 aromatic carbocycles. The summed E-state index contributed by atoms with van der Waals surface area (Å²) < 4.78 is 23.5. The van der Waals surface area contributed by atoms with E-state index >= 15 is 0 Å². The van der Waals surface area contributed by atoms with Crippen LogP contribution in [0.25, 0.3) is 0 Å². The molecule has 0 bridgehead atoms. The summed E-state index contributed by atoms with van der Waals surface area (Å²) in [6.45, 7) is 7.29. The molecule has 0 amide bonds. The Balaban J connectivity index is 0.000000505. The number of ether oxygens (including phenoxy) is 4. The number of benzene rings is 6. The maximum atomic E-state index is 11.1. The molecule has 0 unspecified atom stereocenters. The van der Waals surface area contributed by atoms with E-state index in [1.54, 1.807) is 0 Å². The smallest absolute Gasteiger partial charge is 0.872 e. The molecular formula is C56H68CdN6O14. The Kier molecular flexibility index (Phi) is 29.3. The molecule has 21 heteroatoms. The molecule has 4 atom stereocenters. The standard InChI is InChI=1S/C44H60N4O8.2C6H5NO3.Cd/c49-37(33-53-41-13-5-1-6-14-41)29-45-21-23-46(30-38(50)34-54-42-15-7-2-8-16-42)25-27-48(32-40(52)36-56-44-19-11-4-12-20-44)28-26-47(24-22-45)31-39(51)35-55-43-17-9-3-10-18-43;2*8-6-3-1-5(2-4-6)7(9)10;/h1-20,37-40,49-52H,21-36H2;2*1-4,8H;/q;;;+2/p-2/t37-,38-,39-,40-;;;/m0.../s1. The summed E-state index contributed by atoms with van der Waals surface area (Å²) in [6, 6.07) is 47.3. The first-order valence-corrected chi connectivity index (χ1v) is 24.9. The van der Waals surface area contributed by atoms with Gasteiger partial charge in [-0.3, -0.25) is 39.8 Å². The van der Waals surface area contributed by atoms with Gasteiger partial charge in [0, 0.05) is 103 Å². The molecule has 1 fully saturated rings. The van der Waals surface area contributed by atoms with Crippen LogP contribution in [0.5, 0.6) is 34.5 Å². The van der Waals surface area contributed by atoms with Crippen molar-refractivity contribution in [2.24, 2.45) is 0 Å². The summed E-state index contributed by atoms with van der Waals surface area (Å²) in [5.41, 5.74) is -0.112. The fourth-order valence-electron chi connectivity index (χ4n) is 7.68. The van der Waals surface area contributed by atoms with Gasteiger partial charge in [0.2, 0.25) is 0 Å². The van der Waals surface area contributed by atoms with Gasteiger partial charge < -0.3 is 49.6 Å². The van der Waals surface area contributed by atoms with Crippen LogP contribution >= 0.6 is 0 Å². The number of β-amino-alcohol motifs (C(OH)–C–C–N with tert-alkyl or cyclic N) is 4. The summed E-state index contributed by atoms with van der Waals surface area (Å²) in [5, 5.41) is 85.3. The minimum Gasteiger partial charge on any atom is -0.872 e. The van der Waals surface area contributed by atoms with Crippen LogP contribution in [0, 0.1) is 20.2 Å². The molecule has 0 radical (unpaired) electrons. The molecular weight excluding hydrogens is 1090 g/mol. The Morgan fingerprint density at radius 3 is 0.740 bits per heavy atom. The summed E-state index contributed by atoms with van der Waals surface area (Å²) >= 11 is 0. The van der Waals surface area contributed by atoms with Crippen molar-refractivity contribution in [1.29, 1.82) is 0 Å². The molecule has 20 nitrogen and oxygen atoms in total. The summed E-state index contributed by atoms with van der Waals surface area (Å²) in [6.07, 6.45) is -2.91. The Hall–Kier alpha value is -6.48. The van der Waals surface area contributed by atoms with Crippen LogP contribution in [0.15, 0.2) is 170 Å². The molecule has 7 rings (SSSR count). The van der Waals surface area contributed by atoms with Crippen molar-refractivity contribution in [3.8, 4) is 34.5 Å². The number of non-ortho nitro benzene ring substituents is 2. The van der Waals surface area contributed by atoms with Crippen LogP contribution in [0.2, 0.25) is 0 Å². The molecule has 1 aliphatic heterocycles. The third-order valence-electron chi connectivity index (χ3n) is 11.6. The summed E-state index contributed by atoms with van der Waals surface area (Å²) in [4.78, 5) is 27.8. The number of nitro groups is 2.